The van der Waals surface area contributed by atoms with E-state index in [9.17, 15) is 9.18 Å². The summed E-state index contributed by atoms with van der Waals surface area (Å²) >= 11 is 0. The number of hydrogen-bond acceptors (Lipinski definition) is 3. The van der Waals surface area contributed by atoms with Crippen molar-refractivity contribution in [1.82, 2.24) is 15.5 Å². The molecule has 3 rings (SSSR count). The van der Waals surface area contributed by atoms with Crippen molar-refractivity contribution in [3.63, 3.8) is 0 Å². The molecule has 6 nitrogen and oxygen atoms in total. The molecule has 2 unspecified atom stereocenters. The fourth-order valence-corrected chi connectivity index (χ4v) is 3.56. The Balaban J connectivity index is 1.52. The number of halogens is 1. The molecule has 1 aliphatic rings. The smallest absolute Gasteiger partial charge is 0.251 e. The normalized spacial score (nSPS) is 19.5. The van der Waals surface area contributed by atoms with Gasteiger partial charge < -0.3 is 20.3 Å². The Morgan fingerprint density at radius 1 is 1.17 bits per heavy atom. The van der Waals surface area contributed by atoms with Gasteiger partial charge in [0.05, 0.1) is 12.6 Å². The van der Waals surface area contributed by atoms with Gasteiger partial charge in [-0.2, -0.15) is 0 Å². The van der Waals surface area contributed by atoms with E-state index in [-0.39, 0.29) is 23.9 Å². The van der Waals surface area contributed by atoms with Crippen LogP contribution < -0.4 is 10.6 Å². The minimum atomic E-state index is -0.260. The number of aryl methyl sites for hydroxylation is 1. The summed E-state index contributed by atoms with van der Waals surface area (Å²) in [4.78, 5) is 18.8. The number of carbonyl (C=O) groups excluding carboxylic acids is 1. The van der Waals surface area contributed by atoms with Gasteiger partial charge >= 0.3 is 0 Å². The number of ether oxygens (including phenoxy) is 1. The maximum Gasteiger partial charge on any atom is 0.251 e. The first-order chi connectivity index (χ1) is 14.5. The molecule has 160 valence electrons. The quantitative estimate of drug-likeness (QED) is 0.450. The second-order valence-corrected chi connectivity index (χ2v) is 7.49. The zero-order chi connectivity index (χ0) is 21.5. The van der Waals surface area contributed by atoms with Gasteiger partial charge in [0.1, 0.15) is 11.9 Å². The molecule has 0 spiro atoms. The third kappa shape index (κ3) is 5.79. The number of amides is 1. The van der Waals surface area contributed by atoms with Crippen LogP contribution in [0.4, 0.5) is 4.39 Å². The molecule has 0 radical (unpaired) electrons. The SMILES string of the molecule is CN=C(NCCNC(=O)c1cccc(C)c1)N1CC(C)OC(c2ccc(F)cc2)C1. The van der Waals surface area contributed by atoms with E-state index >= 15 is 0 Å². The first-order valence-corrected chi connectivity index (χ1v) is 10.2. The van der Waals surface area contributed by atoms with Crippen LogP contribution in [-0.4, -0.2) is 56.1 Å². The van der Waals surface area contributed by atoms with Crippen molar-refractivity contribution in [2.75, 3.05) is 33.2 Å². The molecule has 2 atom stereocenters. The van der Waals surface area contributed by atoms with Crippen LogP contribution in [0, 0.1) is 12.7 Å². The summed E-state index contributed by atoms with van der Waals surface area (Å²) in [7, 11) is 1.74. The van der Waals surface area contributed by atoms with E-state index in [1.165, 1.54) is 12.1 Å². The maximum atomic E-state index is 13.2. The second-order valence-electron chi connectivity index (χ2n) is 7.49. The first-order valence-electron chi connectivity index (χ1n) is 10.2. The molecule has 7 heteroatoms. The van der Waals surface area contributed by atoms with E-state index in [1.54, 1.807) is 25.2 Å². The van der Waals surface area contributed by atoms with E-state index in [4.69, 9.17) is 4.74 Å². The van der Waals surface area contributed by atoms with Crippen LogP contribution in [-0.2, 0) is 4.74 Å². The number of aliphatic imine (C=N–C) groups is 1. The number of nitrogens with zero attached hydrogens (tertiary/aromatic N) is 2. The number of carbonyl (C=O) groups is 1. The molecule has 2 N–H and O–H groups in total. The molecule has 0 saturated carbocycles. The van der Waals surface area contributed by atoms with Crippen molar-refractivity contribution in [3.05, 3.63) is 71.0 Å². The lowest BCUT2D eigenvalue weighted by Crippen LogP contribution is -2.51. The van der Waals surface area contributed by atoms with Gasteiger partial charge in [0.2, 0.25) is 0 Å². The van der Waals surface area contributed by atoms with Crippen molar-refractivity contribution < 1.29 is 13.9 Å². The highest BCUT2D eigenvalue weighted by Gasteiger charge is 2.28. The summed E-state index contributed by atoms with van der Waals surface area (Å²) in [5.41, 5.74) is 2.65. The Labute approximate surface area is 177 Å². The summed E-state index contributed by atoms with van der Waals surface area (Å²) in [6.07, 6.45) is -0.151. The van der Waals surface area contributed by atoms with Crippen LogP contribution in [0.5, 0.6) is 0 Å². The lowest BCUT2D eigenvalue weighted by atomic mass is 10.1. The molecule has 1 heterocycles. The lowest BCUT2D eigenvalue weighted by molar-refractivity contribution is -0.0604. The van der Waals surface area contributed by atoms with Crippen LogP contribution in [0.2, 0.25) is 0 Å². The molecule has 1 aliphatic heterocycles. The van der Waals surface area contributed by atoms with Gasteiger partial charge in [-0.15, -0.1) is 0 Å². The third-order valence-electron chi connectivity index (χ3n) is 4.99. The molecule has 1 fully saturated rings. The monoisotopic (exact) mass is 412 g/mol. The maximum absolute atomic E-state index is 13.2. The molecule has 0 aliphatic carbocycles. The molecule has 1 amide bonds. The first kappa shape index (κ1) is 21.8. The van der Waals surface area contributed by atoms with Crippen LogP contribution >= 0.6 is 0 Å². The number of nitrogens with one attached hydrogen (secondary N) is 2. The van der Waals surface area contributed by atoms with Gasteiger partial charge in [-0.25, -0.2) is 4.39 Å². The van der Waals surface area contributed by atoms with Gasteiger partial charge in [0.15, 0.2) is 5.96 Å². The third-order valence-corrected chi connectivity index (χ3v) is 4.99. The van der Waals surface area contributed by atoms with Gasteiger partial charge in [0.25, 0.3) is 5.91 Å². The Hall–Kier alpha value is -2.93. The van der Waals surface area contributed by atoms with Crippen molar-refractivity contribution in [2.24, 2.45) is 4.99 Å². The van der Waals surface area contributed by atoms with Crippen molar-refractivity contribution in [1.29, 1.82) is 0 Å². The highest BCUT2D eigenvalue weighted by Crippen LogP contribution is 2.25. The summed E-state index contributed by atoms with van der Waals surface area (Å²) in [5.74, 6) is 0.401. The minimum absolute atomic E-state index is 0.00776. The highest BCUT2D eigenvalue weighted by molar-refractivity contribution is 5.94. The predicted molar refractivity (Wildman–Crippen MR) is 116 cm³/mol. The van der Waals surface area contributed by atoms with E-state index < -0.39 is 0 Å². The summed E-state index contributed by atoms with van der Waals surface area (Å²) in [6, 6.07) is 13.9. The standard InChI is InChI=1S/C23H29FN4O2/c1-16-5-4-6-19(13-16)22(29)26-11-12-27-23(25-3)28-14-17(2)30-21(15-28)18-7-9-20(24)10-8-18/h4-10,13,17,21H,11-12,14-15H2,1-3H3,(H,25,27)(H,26,29). The molecule has 30 heavy (non-hydrogen) atoms. The number of rotatable bonds is 5. The fraction of sp³-hybridized carbons (Fsp3) is 0.391. The number of hydrogen-bond donors (Lipinski definition) is 2. The average molecular weight is 413 g/mol. The molecule has 2 aromatic carbocycles. The van der Waals surface area contributed by atoms with Gasteiger partial charge in [-0.1, -0.05) is 29.8 Å². The summed E-state index contributed by atoms with van der Waals surface area (Å²) < 4.78 is 19.3. The van der Waals surface area contributed by atoms with Gasteiger partial charge in [-0.05, 0) is 43.7 Å². The van der Waals surface area contributed by atoms with E-state index in [0.717, 1.165) is 17.1 Å². The molecule has 2 aromatic rings. The Kier molecular flexibility index (Phi) is 7.41. The van der Waals surface area contributed by atoms with Crippen molar-refractivity contribution in [3.8, 4) is 0 Å². The Bertz CT molecular complexity index is 885. The molecule has 0 bridgehead atoms. The molecule has 1 saturated heterocycles. The Morgan fingerprint density at radius 2 is 1.90 bits per heavy atom. The van der Waals surface area contributed by atoms with Crippen LogP contribution in [0.15, 0.2) is 53.5 Å². The van der Waals surface area contributed by atoms with E-state index in [2.05, 4.69) is 20.5 Å². The number of guanidine groups is 1. The second kappa shape index (κ2) is 10.2. The summed E-state index contributed by atoms with van der Waals surface area (Å²) in [5, 5.41) is 6.23. The van der Waals surface area contributed by atoms with E-state index in [0.29, 0.717) is 31.7 Å². The fourth-order valence-electron chi connectivity index (χ4n) is 3.56. The van der Waals surface area contributed by atoms with Crippen molar-refractivity contribution >= 4 is 11.9 Å². The summed E-state index contributed by atoms with van der Waals surface area (Å²) in [6.45, 7) is 6.32. The molecule has 0 aromatic heterocycles. The zero-order valence-corrected chi connectivity index (χ0v) is 17.7. The topological polar surface area (TPSA) is 66.0 Å². The minimum Gasteiger partial charge on any atom is -0.367 e. The highest BCUT2D eigenvalue weighted by atomic mass is 19.1. The predicted octanol–water partition coefficient (Wildman–Crippen LogP) is 2.90. The Morgan fingerprint density at radius 3 is 2.60 bits per heavy atom. The van der Waals surface area contributed by atoms with Crippen LogP contribution in [0.25, 0.3) is 0 Å². The van der Waals surface area contributed by atoms with Crippen molar-refractivity contribution in [2.45, 2.75) is 26.1 Å². The lowest BCUT2D eigenvalue weighted by Gasteiger charge is -2.38. The van der Waals surface area contributed by atoms with Crippen LogP contribution in [0.3, 0.4) is 0 Å². The van der Waals surface area contributed by atoms with Crippen LogP contribution in [0.1, 0.15) is 34.5 Å². The van der Waals surface area contributed by atoms with Gasteiger partial charge in [0, 0.05) is 32.2 Å². The number of morpholine rings is 1. The molecular formula is C23H29FN4O2. The van der Waals surface area contributed by atoms with E-state index in [1.807, 2.05) is 32.0 Å². The van der Waals surface area contributed by atoms with Gasteiger partial charge in [-0.3, -0.25) is 9.79 Å². The average Bonchev–Trinajstić information content (AvgIpc) is 2.73. The number of benzene rings is 2. The largest absolute Gasteiger partial charge is 0.367 e. The zero-order valence-electron chi connectivity index (χ0n) is 17.7. The molecular weight excluding hydrogens is 383 g/mol.